The van der Waals surface area contributed by atoms with Crippen LogP contribution in [-0.4, -0.2) is 35.5 Å². The SMILES string of the molecule is O=C(NC1CCCC(C(F)(F)F)C1)C1CC(=O)N(Cc2ccccc2)C1. The first-order valence-corrected chi connectivity index (χ1v) is 9.01. The minimum atomic E-state index is -4.21. The van der Waals surface area contributed by atoms with Crippen LogP contribution in [0.2, 0.25) is 0 Å². The summed E-state index contributed by atoms with van der Waals surface area (Å²) in [4.78, 5) is 26.2. The summed E-state index contributed by atoms with van der Waals surface area (Å²) in [7, 11) is 0. The summed E-state index contributed by atoms with van der Waals surface area (Å²) in [6.45, 7) is 0.762. The highest BCUT2D eigenvalue weighted by Gasteiger charge is 2.43. The fourth-order valence-corrected chi connectivity index (χ4v) is 3.84. The van der Waals surface area contributed by atoms with Crippen molar-refractivity contribution in [3.8, 4) is 0 Å². The average Bonchev–Trinajstić information content (AvgIpc) is 2.96. The second-order valence-electron chi connectivity index (χ2n) is 7.27. The van der Waals surface area contributed by atoms with Crippen LogP contribution in [0.1, 0.15) is 37.7 Å². The minimum Gasteiger partial charge on any atom is -0.353 e. The van der Waals surface area contributed by atoms with Crippen LogP contribution in [0.15, 0.2) is 30.3 Å². The average molecular weight is 368 g/mol. The lowest BCUT2D eigenvalue weighted by Gasteiger charge is -2.31. The van der Waals surface area contributed by atoms with Gasteiger partial charge in [-0.15, -0.1) is 0 Å². The first-order chi connectivity index (χ1) is 12.3. The number of rotatable bonds is 4. The number of carbonyl (C=O) groups excluding carboxylic acids is 2. The maximum atomic E-state index is 12.9. The van der Waals surface area contributed by atoms with Gasteiger partial charge in [0.15, 0.2) is 0 Å². The lowest BCUT2D eigenvalue weighted by Crippen LogP contribution is -2.44. The molecular weight excluding hydrogens is 345 g/mol. The van der Waals surface area contributed by atoms with E-state index in [9.17, 15) is 22.8 Å². The largest absolute Gasteiger partial charge is 0.391 e. The third-order valence-corrected chi connectivity index (χ3v) is 5.29. The smallest absolute Gasteiger partial charge is 0.353 e. The number of benzene rings is 1. The summed E-state index contributed by atoms with van der Waals surface area (Å²) in [5.41, 5.74) is 0.988. The molecule has 1 heterocycles. The molecule has 2 fully saturated rings. The van der Waals surface area contributed by atoms with E-state index in [2.05, 4.69) is 5.32 Å². The number of carbonyl (C=O) groups is 2. The number of halogens is 3. The molecule has 1 N–H and O–H groups in total. The predicted octanol–water partition coefficient (Wildman–Crippen LogP) is 3.27. The van der Waals surface area contributed by atoms with Crippen LogP contribution in [0.25, 0.3) is 0 Å². The van der Waals surface area contributed by atoms with Gasteiger partial charge in [0.2, 0.25) is 11.8 Å². The van der Waals surface area contributed by atoms with Crippen molar-refractivity contribution in [2.24, 2.45) is 11.8 Å². The van der Waals surface area contributed by atoms with Crippen LogP contribution in [0, 0.1) is 11.8 Å². The van der Waals surface area contributed by atoms with Crippen LogP contribution < -0.4 is 5.32 Å². The summed E-state index contributed by atoms with van der Waals surface area (Å²) < 4.78 is 38.7. The Morgan fingerprint density at radius 2 is 1.92 bits per heavy atom. The molecule has 1 saturated carbocycles. The van der Waals surface area contributed by atoms with Gasteiger partial charge >= 0.3 is 6.18 Å². The van der Waals surface area contributed by atoms with E-state index in [0.29, 0.717) is 25.9 Å². The molecule has 1 aromatic rings. The third kappa shape index (κ3) is 4.56. The number of likely N-dealkylation sites (tertiary alicyclic amines) is 1. The quantitative estimate of drug-likeness (QED) is 0.887. The zero-order chi connectivity index (χ0) is 18.7. The van der Waals surface area contributed by atoms with Crippen molar-refractivity contribution in [2.45, 2.75) is 50.9 Å². The molecule has 2 aliphatic rings. The Morgan fingerprint density at radius 1 is 1.19 bits per heavy atom. The van der Waals surface area contributed by atoms with Crippen LogP contribution in [0.5, 0.6) is 0 Å². The van der Waals surface area contributed by atoms with Crippen molar-refractivity contribution in [3.05, 3.63) is 35.9 Å². The van der Waals surface area contributed by atoms with Gasteiger partial charge in [-0.2, -0.15) is 13.2 Å². The Kier molecular flexibility index (Phi) is 5.53. The normalized spacial score (nSPS) is 26.8. The van der Waals surface area contributed by atoms with E-state index in [1.807, 2.05) is 30.3 Å². The van der Waals surface area contributed by atoms with E-state index >= 15 is 0 Å². The van der Waals surface area contributed by atoms with Crippen molar-refractivity contribution in [2.75, 3.05) is 6.54 Å². The minimum absolute atomic E-state index is 0.0658. The Morgan fingerprint density at radius 3 is 2.62 bits per heavy atom. The zero-order valence-corrected chi connectivity index (χ0v) is 14.5. The van der Waals surface area contributed by atoms with Gasteiger partial charge in [0.25, 0.3) is 0 Å². The molecule has 1 aromatic carbocycles. The first-order valence-electron chi connectivity index (χ1n) is 9.01. The zero-order valence-electron chi connectivity index (χ0n) is 14.5. The van der Waals surface area contributed by atoms with Crippen molar-refractivity contribution in [1.82, 2.24) is 10.2 Å². The summed E-state index contributed by atoms with van der Waals surface area (Å²) in [6, 6.07) is 9.05. The highest BCUT2D eigenvalue weighted by molar-refractivity contribution is 5.89. The van der Waals surface area contributed by atoms with Crippen LogP contribution in [0.4, 0.5) is 13.2 Å². The van der Waals surface area contributed by atoms with Crippen LogP contribution >= 0.6 is 0 Å². The van der Waals surface area contributed by atoms with Gasteiger partial charge in [-0.25, -0.2) is 0 Å². The molecular formula is C19H23F3N2O2. The Balaban J connectivity index is 1.53. The summed E-state index contributed by atoms with van der Waals surface area (Å²) >= 11 is 0. The van der Waals surface area contributed by atoms with Gasteiger partial charge in [-0.05, 0) is 24.8 Å². The van der Waals surface area contributed by atoms with E-state index in [0.717, 1.165) is 5.56 Å². The molecule has 3 atom stereocenters. The van der Waals surface area contributed by atoms with E-state index in [-0.39, 0.29) is 31.1 Å². The fraction of sp³-hybridized carbons (Fsp3) is 0.579. The van der Waals surface area contributed by atoms with Crippen molar-refractivity contribution < 1.29 is 22.8 Å². The summed E-state index contributed by atoms with van der Waals surface area (Å²) in [6.07, 6.45) is -3.01. The Bertz CT molecular complexity index is 648. The molecule has 2 amide bonds. The molecule has 142 valence electrons. The van der Waals surface area contributed by atoms with Crippen LogP contribution in [0.3, 0.4) is 0 Å². The predicted molar refractivity (Wildman–Crippen MR) is 89.9 cm³/mol. The maximum Gasteiger partial charge on any atom is 0.391 e. The monoisotopic (exact) mass is 368 g/mol. The number of hydrogen-bond donors (Lipinski definition) is 1. The molecule has 3 rings (SSSR count). The molecule has 0 aromatic heterocycles. The molecule has 26 heavy (non-hydrogen) atoms. The molecule has 1 aliphatic carbocycles. The topological polar surface area (TPSA) is 49.4 Å². The molecule has 4 nitrogen and oxygen atoms in total. The second-order valence-corrected chi connectivity index (χ2v) is 7.27. The molecule has 1 saturated heterocycles. The number of nitrogens with zero attached hydrogens (tertiary/aromatic N) is 1. The number of amides is 2. The third-order valence-electron chi connectivity index (χ3n) is 5.29. The first kappa shape index (κ1) is 18.7. The standard InChI is InChI=1S/C19H23F3N2O2/c20-19(21,22)15-7-4-8-16(10-15)23-18(26)14-9-17(25)24(12-14)11-13-5-2-1-3-6-13/h1-3,5-6,14-16H,4,7-12H2,(H,23,26). The van der Waals surface area contributed by atoms with E-state index < -0.39 is 24.1 Å². The lowest BCUT2D eigenvalue weighted by molar-refractivity contribution is -0.184. The summed E-state index contributed by atoms with van der Waals surface area (Å²) in [5.74, 6) is -2.23. The molecule has 3 unspecified atom stereocenters. The van der Waals surface area contributed by atoms with Gasteiger partial charge in [0, 0.05) is 25.6 Å². The molecule has 0 radical (unpaired) electrons. The van der Waals surface area contributed by atoms with Gasteiger partial charge in [0.05, 0.1) is 11.8 Å². The molecule has 0 spiro atoms. The van der Waals surface area contributed by atoms with Crippen LogP contribution in [-0.2, 0) is 16.1 Å². The molecule has 0 bridgehead atoms. The van der Waals surface area contributed by atoms with Crippen molar-refractivity contribution >= 4 is 11.8 Å². The summed E-state index contributed by atoms with van der Waals surface area (Å²) in [5, 5.41) is 2.75. The lowest BCUT2D eigenvalue weighted by atomic mass is 9.85. The number of alkyl halides is 3. The Labute approximate surface area is 150 Å². The fourth-order valence-electron chi connectivity index (χ4n) is 3.84. The van der Waals surface area contributed by atoms with Gasteiger partial charge < -0.3 is 10.2 Å². The molecule has 7 heteroatoms. The van der Waals surface area contributed by atoms with E-state index in [1.165, 1.54) is 0 Å². The number of nitrogens with one attached hydrogen (secondary N) is 1. The van der Waals surface area contributed by atoms with Crippen molar-refractivity contribution in [3.63, 3.8) is 0 Å². The van der Waals surface area contributed by atoms with Gasteiger partial charge in [-0.1, -0.05) is 36.8 Å². The number of hydrogen-bond acceptors (Lipinski definition) is 2. The van der Waals surface area contributed by atoms with E-state index in [1.54, 1.807) is 4.90 Å². The highest BCUT2D eigenvalue weighted by atomic mass is 19.4. The van der Waals surface area contributed by atoms with E-state index in [4.69, 9.17) is 0 Å². The second kappa shape index (κ2) is 7.68. The maximum absolute atomic E-state index is 12.9. The van der Waals surface area contributed by atoms with Gasteiger partial charge in [-0.3, -0.25) is 9.59 Å². The highest BCUT2D eigenvalue weighted by Crippen LogP contribution is 2.37. The molecule has 1 aliphatic heterocycles. The Hall–Kier alpha value is -2.05. The van der Waals surface area contributed by atoms with Crippen molar-refractivity contribution in [1.29, 1.82) is 0 Å². The van der Waals surface area contributed by atoms with Gasteiger partial charge in [0.1, 0.15) is 0 Å².